The van der Waals surface area contributed by atoms with Crippen molar-refractivity contribution in [1.82, 2.24) is 9.88 Å². The quantitative estimate of drug-likeness (QED) is 0.341. The summed E-state index contributed by atoms with van der Waals surface area (Å²) in [6.07, 6.45) is 10.3. The zero-order valence-corrected chi connectivity index (χ0v) is 22.0. The number of hydrogen-bond acceptors (Lipinski definition) is 6. The van der Waals surface area contributed by atoms with Gasteiger partial charge in [-0.15, -0.1) is 0 Å². The predicted molar refractivity (Wildman–Crippen MR) is 153 cm³/mol. The van der Waals surface area contributed by atoms with Crippen molar-refractivity contribution < 1.29 is 4.79 Å². The lowest BCUT2D eigenvalue weighted by atomic mass is 9.89. The molecule has 37 heavy (non-hydrogen) atoms. The lowest BCUT2D eigenvalue weighted by Gasteiger charge is -2.36. The van der Waals surface area contributed by atoms with Crippen LogP contribution in [0.15, 0.2) is 47.6 Å². The highest BCUT2D eigenvalue weighted by Gasteiger charge is 2.33. The number of Topliss-reactive ketones (excluding diaryl/α,β-unsaturated/α-hetero) is 1. The van der Waals surface area contributed by atoms with Crippen LogP contribution in [0, 0.1) is 5.92 Å². The SMILES string of the molecule is CCN(CC)C1CCC(Nc2c(C(=O)C3CC3)cnc3ccc(-c4ccc5c(c4)N=CCN5)cc23)CC1. The molecule has 0 saturated heterocycles. The Kier molecular flexibility index (Phi) is 6.68. The van der Waals surface area contributed by atoms with E-state index in [-0.39, 0.29) is 11.7 Å². The minimum absolute atomic E-state index is 0.160. The molecular weight excluding hydrogens is 458 g/mol. The van der Waals surface area contributed by atoms with Crippen LogP contribution >= 0.6 is 0 Å². The van der Waals surface area contributed by atoms with E-state index in [1.54, 1.807) is 0 Å². The smallest absolute Gasteiger partial charge is 0.169 e. The molecule has 0 amide bonds. The molecule has 2 heterocycles. The van der Waals surface area contributed by atoms with Crippen LogP contribution in [0.4, 0.5) is 17.1 Å². The van der Waals surface area contributed by atoms with Gasteiger partial charge in [-0.1, -0.05) is 26.0 Å². The molecule has 1 aliphatic heterocycles. The second kappa shape index (κ2) is 10.3. The summed E-state index contributed by atoms with van der Waals surface area (Å²) in [7, 11) is 0. The van der Waals surface area contributed by atoms with E-state index in [0.29, 0.717) is 12.1 Å². The summed E-state index contributed by atoms with van der Waals surface area (Å²) in [6, 6.07) is 13.8. The number of carbonyl (C=O) groups excluding carboxylic acids is 1. The first-order valence-corrected chi connectivity index (χ1v) is 14.0. The highest BCUT2D eigenvalue weighted by molar-refractivity contribution is 6.10. The molecule has 0 radical (unpaired) electrons. The lowest BCUT2D eigenvalue weighted by Crippen LogP contribution is -2.40. The summed E-state index contributed by atoms with van der Waals surface area (Å²) in [5.74, 6) is 0.403. The first-order chi connectivity index (χ1) is 18.1. The third-order valence-corrected chi connectivity index (χ3v) is 8.40. The van der Waals surface area contributed by atoms with Gasteiger partial charge in [0.15, 0.2) is 5.78 Å². The molecule has 6 rings (SSSR count). The molecule has 3 aliphatic rings. The number of fused-ring (bicyclic) bond motifs is 2. The van der Waals surface area contributed by atoms with Crippen molar-refractivity contribution in [2.75, 3.05) is 30.3 Å². The zero-order valence-electron chi connectivity index (χ0n) is 22.0. The number of nitrogens with one attached hydrogen (secondary N) is 2. The van der Waals surface area contributed by atoms with E-state index in [4.69, 9.17) is 4.98 Å². The fourth-order valence-electron chi connectivity index (χ4n) is 6.08. The minimum atomic E-state index is 0.160. The summed E-state index contributed by atoms with van der Waals surface area (Å²) < 4.78 is 0. The standard InChI is InChI=1S/C31H37N5O/c1-3-36(4-2)24-11-9-23(10-12-24)35-30-25-17-21(22-8-14-28-29(18-22)33-16-15-32-28)7-13-27(25)34-19-26(30)31(37)20-5-6-20/h7-8,13-14,16-20,23-24,32H,3-6,9-12,15H2,1-2H3,(H,34,35). The minimum Gasteiger partial charge on any atom is -0.381 e. The molecule has 0 spiro atoms. The van der Waals surface area contributed by atoms with Crippen molar-refractivity contribution in [1.29, 1.82) is 0 Å². The number of rotatable bonds is 8. The highest BCUT2D eigenvalue weighted by Crippen LogP contribution is 2.39. The monoisotopic (exact) mass is 495 g/mol. The van der Waals surface area contributed by atoms with E-state index < -0.39 is 0 Å². The maximum Gasteiger partial charge on any atom is 0.169 e. The normalized spacial score (nSPS) is 21.1. The number of aromatic nitrogens is 1. The number of nitrogens with zero attached hydrogens (tertiary/aromatic N) is 3. The molecule has 3 aromatic rings. The fraction of sp³-hybridized carbons (Fsp3) is 0.452. The molecule has 192 valence electrons. The Bertz CT molecular complexity index is 1330. The largest absolute Gasteiger partial charge is 0.381 e. The highest BCUT2D eigenvalue weighted by atomic mass is 16.1. The van der Waals surface area contributed by atoms with Crippen molar-refractivity contribution in [2.45, 2.75) is 64.5 Å². The average molecular weight is 496 g/mol. The van der Waals surface area contributed by atoms with Crippen LogP contribution in [0.1, 0.15) is 62.7 Å². The van der Waals surface area contributed by atoms with Crippen molar-refractivity contribution in [3.8, 4) is 11.1 Å². The summed E-state index contributed by atoms with van der Waals surface area (Å²) in [6.45, 7) is 7.51. The van der Waals surface area contributed by atoms with Gasteiger partial charge in [0, 0.05) is 35.8 Å². The van der Waals surface area contributed by atoms with Crippen LogP contribution in [0.5, 0.6) is 0 Å². The molecule has 0 bridgehead atoms. The van der Waals surface area contributed by atoms with Crippen LogP contribution in [-0.2, 0) is 0 Å². The average Bonchev–Trinajstić information content (AvgIpc) is 3.80. The molecule has 2 aromatic carbocycles. The van der Waals surface area contributed by atoms with Crippen LogP contribution < -0.4 is 10.6 Å². The fourth-order valence-corrected chi connectivity index (χ4v) is 6.08. The zero-order chi connectivity index (χ0) is 25.4. The predicted octanol–water partition coefficient (Wildman–Crippen LogP) is 6.69. The number of aliphatic imine (C=N–C) groups is 1. The maximum atomic E-state index is 13.3. The number of benzene rings is 2. The third kappa shape index (κ3) is 4.87. The van der Waals surface area contributed by atoms with E-state index in [2.05, 4.69) is 70.8 Å². The van der Waals surface area contributed by atoms with Crippen molar-refractivity contribution in [3.05, 3.63) is 48.2 Å². The van der Waals surface area contributed by atoms with Gasteiger partial charge in [-0.25, -0.2) is 0 Å². The van der Waals surface area contributed by atoms with Gasteiger partial charge in [-0.3, -0.25) is 14.8 Å². The van der Waals surface area contributed by atoms with Gasteiger partial charge >= 0.3 is 0 Å². The number of carbonyl (C=O) groups is 1. The van der Waals surface area contributed by atoms with E-state index in [9.17, 15) is 4.79 Å². The van der Waals surface area contributed by atoms with Gasteiger partial charge in [0.25, 0.3) is 0 Å². The number of anilines is 2. The number of ketones is 1. The van der Waals surface area contributed by atoms with E-state index in [1.165, 1.54) is 12.8 Å². The molecular formula is C31H37N5O. The summed E-state index contributed by atoms with van der Waals surface area (Å²) >= 11 is 0. The van der Waals surface area contributed by atoms with Gasteiger partial charge in [0.05, 0.1) is 34.7 Å². The molecule has 2 aliphatic carbocycles. The molecule has 6 nitrogen and oxygen atoms in total. The van der Waals surface area contributed by atoms with Crippen molar-refractivity contribution in [2.24, 2.45) is 10.9 Å². The van der Waals surface area contributed by atoms with Gasteiger partial charge < -0.3 is 15.5 Å². The number of pyridine rings is 1. The second-order valence-electron chi connectivity index (χ2n) is 10.7. The molecule has 2 saturated carbocycles. The van der Waals surface area contributed by atoms with E-state index in [1.807, 2.05) is 12.4 Å². The summed E-state index contributed by atoms with van der Waals surface area (Å²) in [4.78, 5) is 25.2. The Morgan fingerprint density at radius 2 is 1.76 bits per heavy atom. The number of hydrogen-bond donors (Lipinski definition) is 2. The van der Waals surface area contributed by atoms with Crippen LogP contribution in [-0.4, -0.2) is 53.6 Å². The Balaban J connectivity index is 1.35. The molecule has 0 atom stereocenters. The second-order valence-corrected chi connectivity index (χ2v) is 10.7. The topological polar surface area (TPSA) is 69.6 Å². The lowest BCUT2D eigenvalue weighted by molar-refractivity contribution is 0.0968. The molecule has 2 N–H and O–H groups in total. The first kappa shape index (κ1) is 24.1. The molecule has 0 unspecified atom stereocenters. The van der Waals surface area contributed by atoms with Gasteiger partial charge in [-0.2, -0.15) is 0 Å². The van der Waals surface area contributed by atoms with E-state index >= 15 is 0 Å². The molecule has 2 fully saturated rings. The Hall–Kier alpha value is -3.25. The summed E-state index contributed by atoms with van der Waals surface area (Å²) in [5, 5.41) is 8.27. The van der Waals surface area contributed by atoms with Crippen LogP contribution in [0.25, 0.3) is 22.0 Å². The Morgan fingerprint density at radius 1 is 1.00 bits per heavy atom. The van der Waals surface area contributed by atoms with Crippen LogP contribution in [0.3, 0.4) is 0 Å². The maximum absolute atomic E-state index is 13.3. The van der Waals surface area contributed by atoms with Gasteiger partial charge in [-0.05, 0) is 87.0 Å². The van der Waals surface area contributed by atoms with E-state index in [0.717, 1.165) is 90.0 Å². The van der Waals surface area contributed by atoms with Crippen molar-refractivity contribution in [3.63, 3.8) is 0 Å². The summed E-state index contributed by atoms with van der Waals surface area (Å²) in [5.41, 5.74) is 6.92. The Morgan fingerprint density at radius 3 is 2.51 bits per heavy atom. The van der Waals surface area contributed by atoms with Gasteiger partial charge in [0.1, 0.15) is 0 Å². The molecule has 1 aromatic heterocycles. The molecule has 6 heteroatoms. The Labute approximate surface area is 219 Å². The third-order valence-electron chi connectivity index (χ3n) is 8.40. The van der Waals surface area contributed by atoms with Crippen molar-refractivity contribution >= 4 is 40.0 Å². The first-order valence-electron chi connectivity index (χ1n) is 14.0. The van der Waals surface area contributed by atoms with Gasteiger partial charge in [0.2, 0.25) is 0 Å². The van der Waals surface area contributed by atoms with Crippen LogP contribution in [0.2, 0.25) is 0 Å².